The summed E-state index contributed by atoms with van der Waals surface area (Å²) in [7, 11) is 5.44. The Morgan fingerprint density at radius 2 is 1.59 bits per heavy atom. The SMILES string of the molecule is CN=C(NCc1ccc(OCCOC)cc1)N(C)CCOc1ccccc1. The Bertz CT molecular complexity index is 675. The normalized spacial score (nSPS) is 11.1. The van der Waals surface area contributed by atoms with E-state index in [-0.39, 0.29) is 0 Å². The number of ether oxygens (including phenoxy) is 3. The molecule has 0 saturated heterocycles. The minimum Gasteiger partial charge on any atom is -0.492 e. The summed E-state index contributed by atoms with van der Waals surface area (Å²) in [4.78, 5) is 6.38. The van der Waals surface area contributed by atoms with E-state index in [4.69, 9.17) is 14.2 Å². The van der Waals surface area contributed by atoms with Crippen molar-refractivity contribution in [3.05, 3.63) is 60.2 Å². The molecule has 0 fully saturated rings. The van der Waals surface area contributed by atoms with Gasteiger partial charge in [-0.3, -0.25) is 4.99 Å². The molecular formula is C21H29N3O3. The van der Waals surface area contributed by atoms with E-state index >= 15 is 0 Å². The molecule has 0 aliphatic heterocycles. The number of para-hydroxylation sites is 1. The molecule has 1 N–H and O–H groups in total. The molecule has 6 nitrogen and oxygen atoms in total. The Hall–Kier alpha value is -2.73. The summed E-state index contributed by atoms with van der Waals surface area (Å²) in [6.07, 6.45) is 0. The van der Waals surface area contributed by atoms with Gasteiger partial charge >= 0.3 is 0 Å². The molecule has 27 heavy (non-hydrogen) atoms. The molecule has 6 heteroatoms. The first-order chi connectivity index (χ1) is 13.2. The number of rotatable bonds is 10. The van der Waals surface area contributed by atoms with Crippen molar-refractivity contribution >= 4 is 5.96 Å². The van der Waals surface area contributed by atoms with Gasteiger partial charge < -0.3 is 24.4 Å². The summed E-state index contributed by atoms with van der Waals surface area (Å²) in [6.45, 7) is 3.15. The molecule has 0 unspecified atom stereocenters. The van der Waals surface area contributed by atoms with Crippen LogP contribution < -0.4 is 14.8 Å². The van der Waals surface area contributed by atoms with Gasteiger partial charge in [0, 0.05) is 27.7 Å². The molecule has 2 aromatic rings. The Kier molecular flexibility index (Phi) is 9.00. The van der Waals surface area contributed by atoms with Crippen LogP contribution in [-0.2, 0) is 11.3 Å². The van der Waals surface area contributed by atoms with Crippen LogP contribution in [0, 0.1) is 0 Å². The number of benzene rings is 2. The van der Waals surface area contributed by atoms with Gasteiger partial charge in [0.15, 0.2) is 5.96 Å². The lowest BCUT2D eigenvalue weighted by molar-refractivity contribution is 0.146. The summed E-state index contributed by atoms with van der Waals surface area (Å²) < 4.78 is 16.3. The number of nitrogens with one attached hydrogen (secondary N) is 1. The fourth-order valence-electron chi connectivity index (χ4n) is 2.44. The predicted molar refractivity (Wildman–Crippen MR) is 109 cm³/mol. The first-order valence-electron chi connectivity index (χ1n) is 9.03. The van der Waals surface area contributed by atoms with Gasteiger partial charge in [0.05, 0.1) is 13.2 Å². The fourth-order valence-corrected chi connectivity index (χ4v) is 2.44. The van der Waals surface area contributed by atoms with Crippen LogP contribution in [0.25, 0.3) is 0 Å². The van der Waals surface area contributed by atoms with Crippen LogP contribution in [0.2, 0.25) is 0 Å². The van der Waals surface area contributed by atoms with E-state index in [9.17, 15) is 0 Å². The van der Waals surface area contributed by atoms with Crippen molar-refractivity contribution in [3.63, 3.8) is 0 Å². The second-order valence-corrected chi connectivity index (χ2v) is 5.97. The average molecular weight is 371 g/mol. The number of aliphatic imine (C=N–C) groups is 1. The molecule has 0 aliphatic carbocycles. The maximum absolute atomic E-state index is 5.74. The summed E-state index contributed by atoms with van der Waals surface area (Å²) in [6, 6.07) is 17.8. The van der Waals surface area contributed by atoms with Gasteiger partial charge in [-0.1, -0.05) is 30.3 Å². The van der Waals surface area contributed by atoms with Crippen LogP contribution in [0.3, 0.4) is 0 Å². The van der Waals surface area contributed by atoms with Crippen molar-refractivity contribution in [1.82, 2.24) is 10.2 Å². The molecule has 0 amide bonds. The number of methoxy groups -OCH3 is 1. The zero-order chi connectivity index (χ0) is 19.3. The van der Waals surface area contributed by atoms with E-state index in [1.165, 1.54) is 0 Å². The minimum atomic E-state index is 0.552. The Labute approximate surface area is 161 Å². The molecule has 0 aromatic heterocycles. The molecule has 146 valence electrons. The third-order valence-electron chi connectivity index (χ3n) is 3.94. The summed E-state index contributed by atoms with van der Waals surface area (Å²) in [5, 5.41) is 3.37. The highest BCUT2D eigenvalue weighted by atomic mass is 16.5. The standard InChI is InChI=1S/C21H29N3O3/c1-22-21(24(2)13-14-26-19-7-5-4-6-8-19)23-17-18-9-11-20(12-10-18)27-16-15-25-3/h4-12H,13-17H2,1-3H3,(H,22,23). The van der Waals surface area contributed by atoms with Crippen LogP contribution >= 0.6 is 0 Å². The van der Waals surface area contributed by atoms with Crippen molar-refractivity contribution in [2.45, 2.75) is 6.54 Å². The van der Waals surface area contributed by atoms with Crippen LogP contribution in [0.15, 0.2) is 59.6 Å². The van der Waals surface area contributed by atoms with Crippen LogP contribution in [0.4, 0.5) is 0 Å². The molecule has 0 saturated carbocycles. The number of guanidine groups is 1. The number of hydrogen-bond acceptors (Lipinski definition) is 4. The van der Waals surface area contributed by atoms with Gasteiger partial charge in [-0.15, -0.1) is 0 Å². The van der Waals surface area contributed by atoms with E-state index in [2.05, 4.69) is 10.3 Å². The van der Waals surface area contributed by atoms with Gasteiger partial charge in [0.2, 0.25) is 0 Å². The topological polar surface area (TPSA) is 55.3 Å². The van der Waals surface area contributed by atoms with E-state index in [0.717, 1.165) is 29.6 Å². The molecular weight excluding hydrogens is 342 g/mol. The number of likely N-dealkylation sites (N-methyl/N-ethyl adjacent to an activating group) is 1. The second kappa shape index (κ2) is 11.8. The highest BCUT2D eigenvalue weighted by Crippen LogP contribution is 2.12. The minimum absolute atomic E-state index is 0.552. The second-order valence-electron chi connectivity index (χ2n) is 5.97. The lowest BCUT2D eigenvalue weighted by Gasteiger charge is -2.22. The van der Waals surface area contributed by atoms with Gasteiger partial charge in [-0.05, 0) is 29.8 Å². The van der Waals surface area contributed by atoms with Crippen LogP contribution in [0.5, 0.6) is 11.5 Å². The maximum atomic E-state index is 5.74. The quantitative estimate of drug-likeness (QED) is 0.395. The Balaban J connectivity index is 1.73. The fraction of sp³-hybridized carbons (Fsp3) is 0.381. The first kappa shape index (κ1) is 20.6. The van der Waals surface area contributed by atoms with Crippen molar-refractivity contribution in [3.8, 4) is 11.5 Å². The maximum Gasteiger partial charge on any atom is 0.193 e. The zero-order valence-electron chi connectivity index (χ0n) is 16.4. The van der Waals surface area contributed by atoms with Gasteiger partial charge in [0.1, 0.15) is 24.7 Å². The van der Waals surface area contributed by atoms with Crippen molar-refractivity contribution < 1.29 is 14.2 Å². The molecule has 0 spiro atoms. The van der Waals surface area contributed by atoms with E-state index < -0.39 is 0 Å². The summed E-state index contributed by atoms with van der Waals surface area (Å²) >= 11 is 0. The smallest absolute Gasteiger partial charge is 0.193 e. The van der Waals surface area contributed by atoms with Crippen molar-refractivity contribution in [1.29, 1.82) is 0 Å². The molecule has 2 aromatic carbocycles. The molecule has 0 radical (unpaired) electrons. The van der Waals surface area contributed by atoms with Crippen molar-refractivity contribution in [2.24, 2.45) is 4.99 Å². The molecule has 0 bridgehead atoms. The molecule has 0 atom stereocenters. The first-order valence-corrected chi connectivity index (χ1v) is 9.03. The molecule has 0 heterocycles. The number of hydrogen-bond donors (Lipinski definition) is 1. The van der Waals surface area contributed by atoms with E-state index in [0.29, 0.717) is 26.4 Å². The van der Waals surface area contributed by atoms with Crippen LogP contribution in [0.1, 0.15) is 5.56 Å². The highest BCUT2D eigenvalue weighted by Gasteiger charge is 2.06. The third kappa shape index (κ3) is 7.58. The number of nitrogens with zero attached hydrogens (tertiary/aromatic N) is 2. The Morgan fingerprint density at radius 3 is 2.26 bits per heavy atom. The van der Waals surface area contributed by atoms with E-state index in [1.54, 1.807) is 14.2 Å². The lowest BCUT2D eigenvalue weighted by Crippen LogP contribution is -2.40. The van der Waals surface area contributed by atoms with Gasteiger partial charge in [-0.25, -0.2) is 0 Å². The molecule has 0 aliphatic rings. The molecule has 2 rings (SSSR count). The third-order valence-corrected chi connectivity index (χ3v) is 3.94. The predicted octanol–water partition coefficient (Wildman–Crippen LogP) is 2.80. The van der Waals surface area contributed by atoms with Crippen molar-refractivity contribution in [2.75, 3.05) is 47.6 Å². The monoisotopic (exact) mass is 371 g/mol. The summed E-state index contributed by atoms with van der Waals surface area (Å²) in [5.41, 5.74) is 1.16. The lowest BCUT2D eigenvalue weighted by atomic mass is 10.2. The van der Waals surface area contributed by atoms with Gasteiger partial charge in [-0.2, -0.15) is 0 Å². The van der Waals surface area contributed by atoms with E-state index in [1.807, 2.05) is 66.5 Å². The van der Waals surface area contributed by atoms with Crippen LogP contribution in [-0.4, -0.2) is 58.4 Å². The average Bonchev–Trinajstić information content (AvgIpc) is 2.70. The highest BCUT2D eigenvalue weighted by molar-refractivity contribution is 5.79. The van der Waals surface area contributed by atoms with Gasteiger partial charge in [0.25, 0.3) is 0 Å². The summed E-state index contributed by atoms with van der Waals surface area (Å²) in [5.74, 6) is 2.55. The largest absolute Gasteiger partial charge is 0.492 e. The zero-order valence-corrected chi connectivity index (χ0v) is 16.4. The Morgan fingerprint density at radius 1 is 0.926 bits per heavy atom.